The van der Waals surface area contributed by atoms with Gasteiger partial charge in [-0.1, -0.05) is 18.2 Å². The van der Waals surface area contributed by atoms with Crippen LogP contribution in [0.1, 0.15) is 25.3 Å². The number of aliphatic imine (C=N–C) groups is 1. The molecule has 2 heterocycles. The summed E-state index contributed by atoms with van der Waals surface area (Å²) in [7, 11) is 1.81. The van der Waals surface area contributed by atoms with Gasteiger partial charge in [0.05, 0.1) is 19.8 Å². The van der Waals surface area contributed by atoms with Crippen LogP contribution in [0.2, 0.25) is 0 Å². The van der Waals surface area contributed by atoms with Gasteiger partial charge in [0.1, 0.15) is 11.9 Å². The van der Waals surface area contributed by atoms with E-state index < -0.39 is 0 Å². The Morgan fingerprint density at radius 3 is 2.50 bits per heavy atom. The number of amides is 1. The Kier molecular flexibility index (Phi) is 10.2. The molecule has 1 N–H and O–H groups in total. The Hall–Kier alpha value is -1.55. The summed E-state index contributed by atoms with van der Waals surface area (Å²) in [5.74, 6) is 2.20. The number of carbonyl (C=O) groups is 1. The summed E-state index contributed by atoms with van der Waals surface area (Å²) in [5.41, 5.74) is 1.13. The monoisotopic (exact) mass is 530 g/mol. The number of ether oxygens (including phenoxy) is 2. The van der Waals surface area contributed by atoms with E-state index in [2.05, 4.69) is 35.1 Å². The third-order valence-corrected chi connectivity index (χ3v) is 5.65. The second kappa shape index (κ2) is 12.3. The van der Waals surface area contributed by atoms with Crippen LogP contribution in [0.5, 0.6) is 5.75 Å². The SMILES string of the molecule is CN=C(NCC(C)Oc1ccccc1C)N1CCC(C(=O)N2CCOCC2)CC1.I. The minimum absolute atomic E-state index is 0. The number of carbonyl (C=O) groups excluding carboxylic acids is 1. The highest BCUT2D eigenvalue weighted by atomic mass is 127. The summed E-state index contributed by atoms with van der Waals surface area (Å²) in [6, 6.07) is 8.05. The average molecular weight is 530 g/mol. The van der Waals surface area contributed by atoms with Gasteiger partial charge in [-0.2, -0.15) is 0 Å². The summed E-state index contributed by atoms with van der Waals surface area (Å²) < 4.78 is 11.4. The van der Waals surface area contributed by atoms with Crippen LogP contribution in [0.3, 0.4) is 0 Å². The number of nitrogens with zero attached hydrogens (tertiary/aromatic N) is 3. The number of guanidine groups is 1. The van der Waals surface area contributed by atoms with Gasteiger partial charge in [-0.25, -0.2) is 0 Å². The number of hydrogen-bond donors (Lipinski definition) is 1. The topological polar surface area (TPSA) is 66.4 Å². The number of aryl methyl sites for hydroxylation is 1. The first-order chi connectivity index (χ1) is 14.1. The lowest BCUT2D eigenvalue weighted by Gasteiger charge is -2.37. The molecule has 0 aromatic heterocycles. The molecule has 0 bridgehead atoms. The fourth-order valence-corrected chi connectivity index (χ4v) is 3.89. The maximum absolute atomic E-state index is 12.7. The Balaban J connectivity index is 0.00000320. The molecular weight excluding hydrogens is 495 g/mol. The molecule has 0 spiro atoms. The number of nitrogens with one attached hydrogen (secondary N) is 1. The highest BCUT2D eigenvalue weighted by Crippen LogP contribution is 2.21. The largest absolute Gasteiger partial charge is 0.489 e. The summed E-state index contributed by atoms with van der Waals surface area (Å²) >= 11 is 0. The highest BCUT2D eigenvalue weighted by Gasteiger charge is 2.30. The third kappa shape index (κ3) is 6.73. The van der Waals surface area contributed by atoms with Gasteiger partial charge >= 0.3 is 0 Å². The van der Waals surface area contributed by atoms with E-state index in [1.165, 1.54) is 0 Å². The molecule has 2 saturated heterocycles. The van der Waals surface area contributed by atoms with Crippen LogP contribution in [0.15, 0.2) is 29.3 Å². The van der Waals surface area contributed by atoms with Crippen LogP contribution in [0, 0.1) is 12.8 Å². The maximum atomic E-state index is 12.7. The van der Waals surface area contributed by atoms with Gasteiger partial charge in [-0.3, -0.25) is 9.79 Å². The van der Waals surface area contributed by atoms with Gasteiger partial charge < -0.3 is 24.6 Å². The number of para-hydroxylation sites is 1. The lowest BCUT2D eigenvalue weighted by atomic mass is 9.95. The minimum atomic E-state index is 0. The predicted molar refractivity (Wildman–Crippen MR) is 130 cm³/mol. The molecule has 168 valence electrons. The van der Waals surface area contributed by atoms with Gasteiger partial charge in [-0.05, 0) is 38.3 Å². The fraction of sp³-hybridized carbons (Fsp3) is 0.636. The van der Waals surface area contributed by atoms with E-state index in [0.717, 1.165) is 56.3 Å². The van der Waals surface area contributed by atoms with E-state index in [4.69, 9.17) is 9.47 Å². The van der Waals surface area contributed by atoms with E-state index in [1.54, 1.807) is 7.05 Å². The molecular formula is C22H35IN4O3. The van der Waals surface area contributed by atoms with Gasteiger partial charge in [0, 0.05) is 39.1 Å². The molecule has 7 nitrogen and oxygen atoms in total. The second-order valence-corrected chi connectivity index (χ2v) is 7.82. The number of piperidine rings is 1. The number of halogens is 1. The van der Waals surface area contributed by atoms with Gasteiger partial charge in [-0.15, -0.1) is 24.0 Å². The van der Waals surface area contributed by atoms with Crippen molar-refractivity contribution in [2.45, 2.75) is 32.8 Å². The van der Waals surface area contributed by atoms with Crippen LogP contribution >= 0.6 is 24.0 Å². The number of rotatable bonds is 5. The Morgan fingerprint density at radius 1 is 1.20 bits per heavy atom. The number of likely N-dealkylation sites (tertiary alicyclic amines) is 1. The standard InChI is InChI=1S/C22H34N4O3.HI/c1-17-6-4-5-7-20(17)29-18(2)16-24-22(23-3)26-10-8-19(9-11-26)21(27)25-12-14-28-15-13-25;/h4-7,18-19H,8-16H2,1-3H3,(H,23,24);1H. The van der Waals surface area contributed by atoms with E-state index in [9.17, 15) is 4.79 Å². The molecule has 1 amide bonds. The number of benzene rings is 1. The van der Waals surface area contributed by atoms with Crippen LogP contribution < -0.4 is 10.1 Å². The molecule has 1 atom stereocenters. The lowest BCUT2D eigenvalue weighted by molar-refractivity contribution is -0.140. The molecule has 2 aliphatic rings. The van der Waals surface area contributed by atoms with Crippen LogP contribution in [0.4, 0.5) is 0 Å². The molecule has 1 aromatic rings. The van der Waals surface area contributed by atoms with Gasteiger partial charge in [0.15, 0.2) is 5.96 Å². The zero-order valence-corrected chi connectivity index (χ0v) is 20.6. The van der Waals surface area contributed by atoms with Crippen molar-refractivity contribution in [3.8, 4) is 5.75 Å². The first-order valence-electron chi connectivity index (χ1n) is 10.6. The summed E-state index contributed by atoms with van der Waals surface area (Å²) in [5, 5.41) is 3.43. The smallest absolute Gasteiger partial charge is 0.225 e. The molecule has 0 aliphatic carbocycles. The normalized spacial score (nSPS) is 19.1. The molecule has 1 unspecified atom stereocenters. The van der Waals surface area contributed by atoms with Crippen LogP contribution in [-0.2, 0) is 9.53 Å². The molecule has 0 saturated carbocycles. The first-order valence-corrected chi connectivity index (χ1v) is 10.6. The molecule has 30 heavy (non-hydrogen) atoms. The van der Waals surface area contributed by atoms with Crippen molar-refractivity contribution in [1.82, 2.24) is 15.1 Å². The van der Waals surface area contributed by atoms with Crippen LogP contribution in [0.25, 0.3) is 0 Å². The van der Waals surface area contributed by atoms with E-state index in [1.807, 2.05) is 23.1 Å². The van der Waals surface area contributed by atoms with E-state index >= 15 is 0 Å². The summed E-state index contributed by atoms with van der Waals surface area (Å²) in [4.78, 5) is 21.3. The Morgan fingerprint density at radius 2 is 1.87 bits per heavy atom. The van der Waals surface area contributed by atoms with Crippen molar-refractivity contribution in [1.29, 1.82) is 0 Å². The quantitative estimate of drug-likeness (QED) is 0.360. The summed E-state index contributed by atoms with van der Waals surface area (Å²) in [6.45, 7) is 9.22. The van der Waals surface area contributed by atoms with Crippen molar-refractivity contribution in [2.75, 3.05) is 53.0 Å². The molecule has 0 radical (unpaired) electrons. The first kappa shape index (κ1) is 24.7. The van der Waals surface area contributed by atoms with Crippen molar-refractivity contribution in [2.24, 2.45) is 10.9 Å². The summed E-state index contributed by atoms with van der Waals surface area (Å²) in [6.07, 6.45) is 1.76. The van der Waals surface area contributed by atoms with Crippen molar-refractivity contribution in [3.63, 3.8) is 0 Å². The Bertz CT molecular complexity index is 701. The second-order valence-electron chi connectivity index (χ2n) is 7.82. The van der Waals surface area contributed by atoms with Crippen molar-refractivity contribution < 1.29 is 14.3 Å². The Labute approximate surface area is 197 Å². The van der Waals surface area contributed by atoms with Gasteiger partial charge in [0.25, 0.3) is 0 Å². The predicted octanol–water partition coefficient (Wildman–Crippen LogP) is 2.53. The maximum Gasteiger partial charge on any atom is 0.225 e. The molecule has 1 aromatic carbocycles. The highest BCUT2D eigenvalue weighted by molar-refractivity contribution is 14.0. The molecule has 2 fully saturated rings. The van der Waals surface area contributed by atoms with Crippen LogP contribution in [-0.4, -0.2) is 80.8 Å². The third-order valence-electron chi connectivity index (χ3n) is 5.65. The molecule has 2 aliphatic heterocycles. The minimum Gasteiger partial charge on any atom is -0.489 e. The fourth-order valence-electron chi connectivity index (χ4n) is 3.89. The van der Waals surface area contributed by atoms with E-state index in [-0.39, 0.29) is 41.9 Å². The average Bonchev–Trinajstić information content (AvgIpc) is 2.76. The number of morpholine rings is 1. The van der Waals surface area contributed by atoms with E-state index in [0.29, 0.717) is 19.8 Å². The zero-order valence-electron chi connectivity index (χ0n) is 18.3. The van der Waals surface area contributed by atoms with Gasteiger partial charge in [0.2, 0.25) is 5.91 Å². The number of hydrogen-bond acceptors (Lipinski definition) is 4. The van der Waals surface area contributed by atoms with Crippen molar-refractivity contribution >= 4 is 35.8 Å². The lowest BCUT2D eigenvalue weighted by Crippen LogP contribution is -2.50. The van der Waals surface area contributed by atoms with Crippen molar-refractivity contribution in [3.05, 3.63) is 29.8 Å². The molecule has 8 heteroatoms. The zero-order chi connectivity index (χ0) is 20.6. The molecule has 3 rings (SSSR count).